The molecule has 1 unspecified atom stereocenters. The van der Waals surface area contributed by atoms with Gasteiger partial charge in [0.25, 0.3) is 0 Å². The van der Waals surface area contributed by atoms with Gasteiger partial charge in [0.05, 0.1) is 30.8 Å². The van der Waals surface area contributed by atoms with E-state index in [0.717, 1.165) is 10.6 Å². The molecule has 6 nitrogen and oxygen atoms in total. The summed E-state index contributed by atoms with van der Waals surface area (Å²) in [6.45, 7) is 0. The van der Waals surface area contributed by atoms with Gasteiger partial charge >= 0.3 is 0 Å². The summed E-state index contributed by atoms with van der Waals surface area (Å²) in [5, 5.41) is 5.15. The Hall–Kier alpha value is -2.67. The van der Waals surface area contributed by atoms with Crippen molar-refractivity contribution in [3.63, 3.8) is 0 Å². The van der Waals surface area contributed by atoms with Gasteiger partial charge < -0.3 is 20.1 Å². The van der Waals surface area contributed by atoms with Crippen LogP contribution in [0.15, 0.2) is 47.4 Å². The third kappa shape index (κ3) is 3.88. The lowest BCUT2D eigenvalue weighted by molar-refractivity contribution is -0.120. The first kappa shape index (κ1) is 17.2. The first-order valence-corrected chi connectivity index (χ1v) is 8.57. The number of hydrogen-bond donors (Lipinski definition) is 2. The number of anilines is 2. The summed E-state index contributed by atoms with van der Waals surface area (Å²) in [6.07, 6.45) is 0.0607. The molecule has 2 N–H and O–H groups in total. The van der Waals surface area contributed by atoms with Crippen LogP contribution in [0.2, 0.25) is 0 Å². The van der Waals surface area contributed by atoms with Crippen LogP contribution in [-0.2, 0) is 9.59 Å². The molecular formula is C18H18N2O4S. The molecule has 0 aliphatic carbocycles. The Morgan fingerprint density at radius 2 is 2.00 bits per heavy atom. The van der Waals surface area contributed by atoms with Gasteiger partial charge in [-0.25, -0.2) is 0 Å². The molecule has 0 saturated carbocycles. The van der Waals surface area contributed by atoms with E-state index in [-0.39, 0.29) is 18.2 Å². The lowest BCUT2D eigenvalue weighted by Crippen LogP contribution is -2.32. The van der Waals surface area contributed by atoms with Gasteiger partial charge in [-0.15, -0.1) is 11.8 Å². The second kappa shape index (κ2) is 7.48. The molecule has 130 valence electrons. The lowest BCUT2D eigenvalue weighted by Gasteiger charge is -2.23. The summed E-state index contributed by atoms with van der Waals surface area (Å²) < 4.78 is 10.4. The molecule has 2 aromatic rings. The Morgan fingerprint density at radius 3 is 2.76 bits per heavy atom. The van der Waals surface area contributed by atoms with E-state index in [4.69, 9.17) is 9.47 Å². The van der Waals surface area contributed by atoms with Crippen molar-refractivity contribution in [3.05, 3.63) is 42.5 Å². The topological polar surface area (TPSA) is 76.7 Å². The maximum absolute atomic E-state index is 12.4. The second-order valence-corrected chi connectivity index (χ2v) is 6.65. The molecule has 0 bridgehead atoms. The summed E-state index contributed by atoms with van der Waals surface area (Å²) in [6, 6.07) is 12.7. The maximum atomic E-state index is 12.4. The van der Waals surface area contributed by atoms with Crippen molar-refractivity contribution in [3.8, 4) is 11.5 Å². The molecule has 7 heteroatoms. The number of thioether (sulfide) groups is 1. The molecule has 1 aliphatic heterocycles. The zero-order chi connectivity index (χ0) is 17.8. The smallest absolute Gasteiger partial charge is 0.238 e. The number of ether oxygens (including phenoxy) is 2. The lowest BCUT2D eigenvalue weighted by atomic mass is 10.2. The summed E-state index contributed by atoms with van der Waals surface area (Å²) in [5.74, 6) is 0.699. The fraction of sp³-hybridized carbons (Fsp3) is 0.222. The van der Waals surface area contributed by atoms with E-state index in [1.807, 2.05) is 24.3 Å². The van der Waals surface area contributed by atoms with E-state index in [1.165, 1.54) is 18.9 Å². The zero-order valence-corrected chi connectivity index (χ0v) is 14.7. The largest absolute Gasteiger partial charge is 0.497 e. The summed E-state index contributed by atoms with van der Waals surface area (Å²) in [5.41, 5.74) is 1.29. The highest BCUT2D eigenvalue weighted by Crippen LogP contribution is 2.37. The Kier molecular flexibility index (Phi) is 5.14. The summed E-state index contributed by atoms with van der Waals surface area (Å²) >= 11 is 1.39. The fourth-order valence-corrected chi connectivity index (χ4v) is 3.62. The molecule has 25 heavy (non-hydrogen) atoms. The number of methoxy groups -OCH3 is 2. The van der Waals surface area contributed by atoms with Gasteiger partial charge in [0.15, 0.2) is 0 Å². The molecule has 0 spiro atoms. The van der Waals surface area contributed by atoms with E-state index < -0.39 is 5.25 Å². The van der Waals surface area contributed by atoms with Crippen LogP contribution in [0.4, 0.5) is 11.4 Å². The van der Waals surface area contributed by atoms with Crippen LogP contribution < -0.4 is 20.1 Å². The minimum absolute atomic E-state index is 0.0607. The summed E-state index contributed by atoms with van der Waals surface area (Å²) in [4.78, 5) is 25.6. The molecular weight excluding hydrogens is 340 g/mol. The Morgan fingerprint density at radius 1 is 1.20 bits per heavy atom. The van der Waals surface area contributed by atoms with E-state index in [1.54, 1.807) is 25.3 Å². The van der Waals surface area contributed by atoms with Crippen molar-refractivity contribution in [2.45, 2.75) is 16.6 Å². The molecule has 1 aliphatic rings. The number of benzene rings is 2. The number of carbonyl (C=O) groups is 2. The average molecular weight is 358 g/mol. The van der Waals surface area contributed by atoms with Crippen molar-refractivity contribution in [2.24, 2.45) is 0 Å². The highest BCUT2D eigenvalue weighted by molar-refractivity contribution is 8.01. The summed E-state index contributed by atoms with van der Waals surface area (Å²) in [7, 11) is 3.08. The van der Waals surface area contributed by atoms with Crippen molar-refractivity contribution in [1.82, 2.24) is 0 Å². The number of fused-ring (bicyclic) bond motifs is 1. The van der Waals surface area contributed by atoms with Gasteiger partial charge in [-0.3, -0.25) is 9.59 Å². The number of para-hydroxylation sites is 1. The molecule has 3 rings (SSSR count). The van der Waals surface area contributed by atoms with Crippen LogP contribution in [0.25, 0.3) is 0 Å². The quantitative estimate of drug-likeness (QED) is 0.859. The van der Waals surface area contributed by atoms with E-state index in [2.05, 4.69) is 10.6 Å². The third-order valence-corrected chi connectivity index (χ3v) is 5.03. The normalized spacial score (nSPS) is 15.8. The van der Waals surface area contributed by atoms with Crippen LogP contribution in [0.5, 0.6) is 11.5 Å². The number of rotatable bonds is 5. The molecule has 1 heterocycles. The Bertz CT molecular complexity index is 809. The van der Waals surface area contributed by atoms with Gasteiger partial charge in [-0.05, 0) is 24.3 Å². The van der Waals surface area contributed by atoms with Gasteiger partial charge in [0.2, 0.25) is 11.8 Å². The van der Waals surface area contributed by atoms with Gasteiger partial charge in [-0.2, -0.15) is 0 Å². The van der Waals surface area contributed by atoms with Crippen LogP contribution in [-0.4, -0.2) is 31.3 Å². The van der Waals surface area contributed by atoms with Crippen molar-refractivity contribution >= 4 is 35.0 Å². The molecule has 2 amide bonds. The predicted molar refractivity (Wildman–Crippen MR) is 97.5 cm³/mol. The Labute approximate surface area is 149 Å². The number of amides is 2. The first-order valence-electron chi connectivity index (χ1n) is 7.69. The third-order valence-electron chi connectivity index (χ3n) is 3.76. The predicted octanol–water partition coefficient (Wildman–Crippen LogP) is 3.15. The zero-order valence-electron chi connectivity index (χ0n) is 13.9. The van der Waals surface area contributed by atoms with E-state index >= 15 is 0 Å². The SMILES string of the molecule is COc1ccc(OC)c(NC(=O)CC2Sc3ccccc3NC2=O)c1. The molecule has 0 radical (unpaired) electrons. The highest BCUT2D eigenvalue weighted by atomic mass is 32.2. The van der Waals surface area contributed by atoms with Gasteiger partial charge in [-0.1, -0.05) is 12.1 Å². The highest BCUT2D eigenvalue weighted by Gasteiger charge is 2.29. The van der Waals surface area contributed by atoms with Crippen LogP contribution in [0.1, 0.15) is 6.42 Å². The molecule has 0 saturated heterocycles. The van der Waals surface area contributed by atoms with Gasteiger partial charge in [0.1, 0.15) is 11.5 Å². The van der Waals surface area contributed by atoms with Crippen molar-refractivity contribution < 1.29 is 19.1 Å². The number of hydrogen-bond acceptors (Lipinski definition) is 5. The van der Waals surface area contributed by atoms with Crippen molar-refractivity contribution in [1.29, 1.82) is 0 Å². The maximum Gasteiger partial charge on any atom is 0.238 e. The standard InChI is InChI=1S/C18H18N2O4S/c1-23-11-7-8-14(24-2)13(9-11)19-17(21)10-16-18(22)20-12-5-3-4-6-15(12)25-16/h3-9,16H,10H2,1-2H3,(H,19,21)(H,20,22). The van der Waals surface area contributed by atoms with Crippen LogP contribution in [0.3, 0.4) is 0 Å². The molecule has 1 atom stereocenters. The Balaban J connectivity index is 1.70. The molecule has 0 fully saturated rings. The number of carbonyl (C=O) groups excluding carboxylic acids is 2. The average Bonchev–Trinajstić information content (AvgIpc) is 2.62. The second-order valence-electron chi connectivity index (χ2n) is 5.41. The van der Waals surface area contributed by atoms with Crippen LogP contribution >= 0.6 is 11.8 Å². The monoisotopic (exact) mass is 358 g/mol. The van der Waals surface area contributed by atoms with Gasteiger partial charge in [0, 0.05) is 17.4 Å². The first-order chi connectivity index (χ1) is 12.1. The molecule has 0 aromatic heterocycles. The van der Waals surface area contributed by atoms with E-state index in [9.17, 15) is 9.59 Å². The van der Waals surface area contributed by atoms with Crippen LogP contribution in [0, 0.1) is 0 Å². The van der Waals surface area contributed by atoms with Crippen molar-refractivity contribution in [2.75, 3.05) is 24.9 Å². The van der Waals surface area contributed by atoms with E-state index in [0.29, 0.717) is 17.2 Å². The fourth-order valence-electron chi connectivity index (χ4n) is 2.51. The minimum atomic E-state index is -0.480. The number of nitrogens with one attached hydrogen (secondary N) is 2. The minimum Gasteiger partial charge on any atom is -0.497 e. The molecule has 2 aromatic carbocycles.